The highest BCUT2D eigenvalue weighted by Gasteiger charge is 2.05. The molecule has 0 saturated carbocycles. The summed E-state index contributed by atoms with van der Waals surface area (Å²) in [6, 6.07) is 0. The Bertz CT molecular complexity index is 139. The van der Waals surface area contributed by atoms with Crippen molar-refractivity contribution in [2.45, 2.75) is 13.3 Å². The van der Waals surface area contributed by atoms with Gasteiger partial charge in [-0.1, -0.05) is 0 Å². The summed E-state index contributed by atoms with van der Waals surface area (Å²) in [5.41, 5.74) is 0. The van der Waals surface area contributed by atoms with Crippen LogP contribution in [0.1, 0.15) is 6.92 Å². The molecule has 0 saturated heterocycles. The number of hydrogen-bond acceptors (Lipinski definition) is 1. The topological polar surface area (TPSA) is 17.1 Å². The Kier molecular flexibility index (Phi) is 2.98. The highest BCUT2D eigenvalue weighted by Crippen LogP contribution is 2.03. The maximum atomic E-state index is 11.8. The van der Waals surface area contributed by atoms with Crippen LogP contribution in [0.3, 0.4) is 0 Å². The van der Waals surface area contributed by atoms with E-state index in [4.69, 9.17) is 0 Å². The average Bonchev–Trinajstić information content (AvgIpc) is 1.63. The van der Waals surface area contributed by atoms with Gasteiger partial charge in [-0.05, 0) is 0 Å². The first-order chi connectivity index (χ1) is 4.04. The molecular formula is C5H5F3O. The van der Waals surface area contributed by atoms with Gasteiger partial charge in [0.05, 0.1) is 0 Å². The monoisotopic (exact) mass is 138 g/mol. The van der Waals surface area contributed by atoms with Crippen LogP contribution in [0.5, 0.6) is 0 Å². The van der Waals surface area contributed by atoms with Crippen LogP contribution in [0.25, 0.3) is 0 Å². The van der Waals surface area contributed by atoms with Gasteiger partial charge >= 0.3 is 0 Å². The summed E-state index contributed by atoms with van der Waals surface area (Å²) in [5, 5.41) is 0. The predicted molar refractivity (Wildman–Crippen MR) is 25.9 cm³/mol. The van der Waals surface area contributed by atoms with Gasteiger partial charge < -0.3 is 0 Å². The minimum Gasteiger partial charge on any atom is -0.292 e. The number of rotatable bonds is 2. The first-order valence-corrected chi connectivity index (χ1v) is 2.20. The summed E-state index contributed by atoms with van der Waals surface area (Å²) in [6.07, 6.45) is -2.92. The Morgan fingerprint density at radius 3 is 2.11 bits per heavy atom. The van der Waals surface area contributed by atoms with Gasteiger partial charge in [0.15, 0.2) is 11.6 Å². The van der Waals surface area contributed by atoms with E-state index >= 15 is 0 Å². The average molecular weight is 138 g/mol. The van der Waals surface area contributed by atoms with E-state index in [1.807, 2.05) is 0 Å². The molecule has 0 aliphatic heterocycles. The highest BCUT2D eigenvalue weighted by atomic mass is 19.3. The third-order valence-corrected chi connectivity index (χ3v) is 0.609. The molecule has 52 valence electrons. The zero-order valence-corrected chi connectivity index (χ0v) is 4.70. The van der Waals surface area contributed by atoms with Crippen molar-refractivity contribution in [1.29, 1.82) is 0 Å². The van der Waals surface area contributed by atoms with Crippen molar-refractivity contribution in [1.82, 2.24) is 0 Å². The first kappa shape index (κ1) is 8.20. The minimum absolute atomic E-state index is 0.0255. The maximum absolute atomic E-state index is 11.8. The van der Waals surface area contributed by atoms with E-state index in [1.54, 1.807) is 0 Å². The van der Waals surface area contributed by atoms with Gasteiger partial charge in [-0.25, -0.2) is 13.2 Å². The summed E-state index contributed by atoms with van der Waals surface area (Å²) in [5.74, 6) is -2.36. The number of allylic oxidation sites excluding steroid dienone is 2. The van der Waals surface area contributed by atoms with E-state index in [0.29, 0.717) is 0 Å². The second-order valence-corrected chi connectivity index (χ2v) is 1.41. The van der Waals surface area contributed by atoms with Crippen LogP contribution >= 0.6 is 0 Å². The molecule has 0 radical (unpaired) electrons. The number of hydrogen-bond donors (Lipinski definition) is 0. The van der Waals surface area contributed by atoms with E-state index in [-0.39, 0.29) is 6.08 Å². The number of Topliss-reactive ketones (excluding diaryl/α,β-unsaturated/α-hetero) is 1. The standard InChI is InChI=1S/C5H5F3O/c1-3(9)4(6)2-5(7)8/h2,5H,1H3/b4-2+. The fourth-order valence-corrected chi connectivity index (χ4v) is 0.228. The lowest BCUT2D eigenvalue weighted by atomic mass is 10.3. The van der Waals surface area contributed by atoms with Crippen LogP contribution in [0.15, 0.2) is 11.9 Å². The predicted octanol–water partition coefficient (Wildman–Crippen LogP) is 1.69. The lowest BCUT2D eigenvalue weighted by Gasteiger charge is -1.87. The third-order valence-electron chi connectivity index (χ3n) is 0.609. The molecule has 0 N–H and O–H groups in total. The Morgan fingerprint density at radius 2 is 2.00 bits per heavy atom. The molecule has 0 bridgehead atoms. The van der Waals surface area contributed by atoms with Crippen molar-refractivity contribution < 1.29 is 18.0 Å². The molecule has 0 fully saturated rings. The summed E-state index contributed by atoms with van der Waals surface area (Å²) in [7, 11) is 0. The maximum Gasteiger partial charge on any atom is 0.260 e. The SMILES string of the molecule is CC(=O)/C(F)=C\C(F)F. The number of carbonyl (C=O) groups is 1. The zero-order valence-electron chi connectivity index (χ0n) is 4.70. The van der Waals surface area contributed by atoms with E-state index in [1.165, 1.54) is 0 Å². The van der Waals surface area contributed by atoms with Crippen molar-refractivity contribution in [2.75, 3.05) is 0 Å². The Hall–Kier alpha value is -0.800. The molecule has 9 heavy (non-hydrogen) atoms. The molecular weight excluding hydrogens is 133 g/mol. The van der Waals surface area contributed by atoms with Gasteiger partial charge in [0.2, 0.25) is 0 Å². The molecule has 0 aliphatic carbocycles. The number of alkyl halides is 2. The molecule has 0 heterocycles. The lowest BCUT2D eigenvalue weighted by Crippen LogP contribution is -1.93. The van der Waals surface area contributed by atoms with Crippen molar-refractivity contribution in [3.05, 3.63) is 11.9 Å². The molecule has 1 nitrogen and oxygen atoms in total. The van der Waals surface area contributed by atoms with Crippen molar-refractivity contribution >= 4 is 5.78 Å². The van der Waals surface area contributed by atoms with E-state index in [2.05, 4.69) is 0 Å². The highest BCUT2D eigenvalue weighted by molar-refractivity contribution is 5.90. The third kappa shape index (κ3) is 3.76. The van der Waals surface area contributed by atoms with E-state index in [9.17, 15) is 18.0 Å². The smallest absolute Gasteiger partial charge is 0.260 e. The Labute approximate surface area is 50.2 Å². The van der Waals surface area contributed by atoms with Crippen LogP contribution < -0.4 is 0 Å². The molecule has 4 heteroatoms. The lowest BCUT2D eigenvalue weighted by molar-refractivity contribution is -0.115. The van der Waals surface area contributed by atoms with Crippen LogP contribution in [0, 0.1) is 0 Å². The number of carbonyl (C=O) groups excluding carboxylic acids is 1. The Balaban J connectivity index is 4.00. The van der Waals surface area contributed by atoms with Crippen LogP contribution in [0.2, 0.25) is 0 Å². The van der Waals surface area contributed by atoms with Gasteiger partial charge in [0.1, 0.15) is 0 Å². The van der Waals surface area contributed by atoms with Crippen molar-refractivity contribution in [2.24, 2.45) is 0 Å². The summed E-state index contributed by atoms with van der Waals surface area (Å²) in [4.78, 5) is 9.90. The van der Waals surface area contributed by atoms with E-state index < -0.39 is 18.0 Å². The summed E-state index contributed by atoms with van der Waals surface area (Å²) >= 11 is 0. The largest absolute Gasteiger partial charge is 0.292 e. The van der Waals surface area contributed by atoms with E-state index in [0.717, 1.165) is 6.92 Å². The number of halogens is 3. The van der Waals surface area contributed by atoms with Gasteiger partial charge in [-0.2, -0.15) is 0 Å². The van der Waals surface area contributed by atoms with Crippen LogP contribution in [-0.4, -0.2) is 12.2 Å². The first-order valence-electron chi connectivity index (χ1n) is 2.20. The quantitative estimate of drug-likeness (QED) is 0.530. The van der Waals surface area contributed by atoms with Gasteiger partial charge in [0, 0.05) is 13.0 Å². The molecule has 0 aromatic carbocycles. The molecule has 0 amide bonds. The van der Waals surface area contributed by atoms with Crippen molar-refractivity contribution in [3.63, 3.8) is 0 Å². The molecule has 0 atom stereocenters. The fraction of sp³-hybridized carbons (Fsp3) is 0.400. The van der Waals surface area contributed by atoms with Gasteiger partial charge in [-0.15, -0.1) is 0 Å². The second-order valence-electron chi connectivity index (χ2n) is 1.41. The van der Waals surface area contributed by atoms with Crippen molar-refractivity contribution in [3.8, 4) is 0 Å². The van der Waals surface area contributed by atoms with Gasteiger partial charge in [0.25, 0.3) is 6.43 Å². The summed E-state index contributed by atoms with van der Waals surface area (Å²) < 4.78 is 34.2. The molecule has 0 aliphatic rings. The molecule has 0 spiro atoms. The van der Waals surface area contributed by atoms with Gasteiger partial charge in [-0.3, -0.25) is 4.79 Å². The zero-order chi connectivity index (χ0) is 7.44. The van der Waals surface area contributed by atoms with Crippen LogP contribution in [-0.2, 0) is 4.79 Å². The van der Waals surface area contributed by atoms with Crippen LogP contribution in [0.4, 0.5) is 13.2 Å². The molecule has 0 aromatic rings. The summed E-state index contributed by atoms with van der Waals surface area (Å²) in [6.45, 7) is 0.883. The molecule has 0 aromatic heterocycles. The minimum atomic E-state index is -2.89. The Morgan fingerprint density at radius 1 is 1.56 bits per heavy atom. The number of ketones is 1. The fourth-order valence-electron chi connectivity index (χ4n) is 0.228. The normalized spacial score (nSPS) is 12.3. The second kappa shape index (κ2) is 3.27. The molecule has 0 unspecified atom stereocenters. The molecule has 0 rings (SSSR count).